The summed E-state index contributed by atoms with van der Waals surface area (Å²) in [5, 5.41) is 4.93. The van der Waals surface area contributed by atoms with Crippen LogP contribution in [0.4, 0.5) is 4.79 Å². The van der Waals surface area contributed by atoms with E-state index in [1.165, 1.54) is 4.90 Å². The Kier molecular flexibility index (Phi) is 2.57. The van der Waals surface area contributed by atoms with Gasteiger partial charge in [-0.1, -0.05) is 0 Å². The molecule has 15 heavy (non-hydrogen) atoms. The molecule has 2 aliphatic rings. The summed E-state index contributed by atoms with van der Waals surface area (Å²) in [6, 6.07) is -0.0968. The van der Waals surface area contributed by atoms with Gasteiger partial charge in [-0.3, -0.25) is 14.9 Å². The summed E-state index contributed by atoms with van der Waals surface area (Å²) in [5.74, 6) is -0.843. The average molecular weight is 211 g/mol. The SMILES string of the molecule is O=C1CN(C(=O)NC2CCC2)CC(=O)N1. The molecule has 1 aliphatic carbocycles. The number of nitrogens with zero attached hydrogens (tertiary/aromatic N) is 1. The molecule has 1 heterocycles. The Bertz CT molecular complexity index is 296. The second-order valence-electron chi connectivity index (χ2n) is 3.90. The van der Waals surface area contributed by atoms with E-state index in [0.717, 1.165) is 19.3 Å². The van der Waals surface area contributed by atoms with Gasteiger partial charge in [0.2, 0.25) is 11.8 Å². The van der Waals surface area contributed by atoms with E-state index >= 15 is 0 Å². The van der Waals surface area contributed by atoms with E-state index in [9.17, 15) is 14.4 Å². The first-order valence-corrected chi connectivity index (χ1v) is 5.03. The number of rotatable bonds is 1. The van der Waals surface area contributed by atoms with Crippen molar-refractivity contribution >= 4 is 17.8 Å². The number of nitrogens with one attached hydrogen (secondary N) is 2. The summed E-state index contributed by atoms with van der Waals surface area (Å²) in [6.07, 6.45) is 3.10. The highest BCUT2D eigenvalue weighted by atomic mass is 16.2. The monoisotopic (exact) mass is 211 g/mol. The van der Waals surface area contributed by atoms with E-state index in [-0.39, 0.29) is 25.2 Å². The molecule has 0 aromatic carbocycles. The maximum atomic E-state index is 11.6. The quantitative estimate of drug-likeness (QED) is 0.558. The largest absolute Gasteiger partial charge is 0.335 e. The minimum atomic E-state index is -0.421. The third-order valence-electron chi connectivity index (χ3n) is 2.67. The fraction of sp³-hybridized carbons (Fsp3) is 0.667. The highest BCUT2D eigenvalue weighted by molar-refractivity contribution is 6.02. The van der Waals surface area contributed by atoms with Gasteiger partial charge in [-0.2, -0.15) is 0 Å². The van der Waals surface area contributed by atoms with Gasteiger partial charge in [0.25, 0.3) is 0 Å². The number of amides is 4. The zero-order valence-electron chi connectivity index (χ0n) is 8.28. The predicted molar refractivity (Wildman–Crippen MR) is 50.9 cm³/mol. The van der Waals surface area contributed by atoms with Crippen LogP contribution in [0.15, 0.2) is 0 Å². The fourth-order valence-corrected chi connectivity index (χ4v) is 1.60. The molecule has 0 bridgehead atoms. The van der Waals surface area contributed by atoms with Gasteiger partial charge in [0.05, 0.1) is 0 Å². The normalized spacial score (nSPS) is 22.0. The molecule has 6 nitrogen and oxygen atoms in total. The van der Waals surface area contributed by atoms with Gasteiger partial charge in [0.15, 0.2) is 0 Å². The van der Waals surface area contributed by atoms with E-state index in [1.54, 1.807) is 0 Å². The van der Waals surface area contributed by atoms with Crippen molar-refractivity contribution < 1.29 is 14.4 Å². The third-order valence-corrected chi connectivity index (χ3v) is 2.67. The van der Waals surface area contributed by atoms with Gasteiger partial charge in [0, 0.05) is 6.04 Å². The lowest BCUT2D eigenvalue weighted by molar-refractivity contribution is -0.134. The predicted octanol–water partition coefficient (Wildman–Crippen LogP) is -0.793. The summed E-state index contributed by atoms with van der Waals surface area (Å²) in [4.78, 5) is 34.8. The summed E-state index contributed by atoms with van der Waals surface area (Å²) < 4.78 is 0. The average Bonchev–Trinajstić information content (AvgIpc) is 2.09. The van der Waals surface area contributed by atoms with Crippen molar-refractivity contribution in [2.24, 2.45) is 0 Å². The van der Waals surface area contributed by atoms with Gasteiger partial charge in [-0.05, 0) is 19.3 Å². The lowest BCUT2D eigenvalue weighted by Crippen LogP contribution is -2.57. The van der Waals surface area contributed by atoms with Gasteiger partial charge >= 0.3 is 6.03 Å². The van der Waals surface area contributed by atoms with E-state index in [0.29, 0.717) is 0 Å². The standard InChI is InChI=1S/C9H13N3O3/c13-7-4-12(5-8(14)11-7)9(15)10-6-2-1-3-6/h6H,1-5H2,(H,10,15)(H,11,13,14). The molecular weight excluding hydrogens is 198 g/mol. The zero-order chi connectivity index (χ0) is 10.8. The smallest absolute Gasteiger partial charge is 0.318 e. The van der Waals surface area contributed by atoms with Crippen LogP contribution >= 0.6 is 0 Å². The lowest BCUT2D eigenvalue weighted by Gasteiger charge is -2.31. The minimum Gasteiger partial charge on any atom is -0.335 e. The van der Waals surface area contributed by atoms with Crippen LogP contribution in [0.5, 0.6) is 0 Å². The first-order chi connectivity index (χ1) is 7.15. The number of imide groups is 1. The van der Waals surface area contributed by atoms with Crippen LogP contribution in [0, 0.1) is 0 Å². The van der Waals surface area contributed by atoms with Gasteiger partial charge < -0.3 is 10.2 Å². The second kappa shape index (κ2) is 3.88. The summed E-state index contributed by atoms with van der Waals surface area (Å²) in [5.41, 5.74) is 0. The van der Waals surface area contributed by atoms with E-state index in [2.05, 4.69) is 10.6 Å². The molecule has 82 valence electrons. The third kappa shape index (κ3) is 2.26. The fourth-order valence-electron chi connectivity index (χ4n) is 1.60. The molecule has 0 radical (unpaired) electrons. The van der Waals surface area contributed by atoms with Crippen LogP contribution in [0.3, 0.4) is 0 Å². The number of piperazine rings is 1. The van der Waals surface area contributed by atoms with E-state index in [1.807, 2.05) is 0 Å². The van der Waals surface area contributed by atoms with Crippen LogP contribution in [0.1, 0.15) is 19.3 Å². The van der Waals surface area contributed by atoms with Gasteiger partial charge in [-0.15, -0.1) is 0 Å². The van der Waals surface area contributed by atoms with Crippen molar-refractivity contribution in [3.05, 3.63) is 0 Å². The number of hydrogen-bond acceptors (Lipinski definition) is 3. The molecule has 0 spiro atoms. The zero-order valence-corrected chi connectivity index (χ0v) is 8.28. The molecule has 0 aromatic heterocycles. The summed E-state index contributed by atoms with van der Waals surface area (Å²) in [6.45, 7) is -0.0748. The number of carbonyl (C=O) groups is 3. The topological polar surface area (TPSA) is 78.5 Å². The maximum Gasteiger partial charge on any atom is 0.318 e. The Hall–Kier alpha value is -1.59. The van der Waals surface area contributed by atoms with Crippen molar-refractivity contribution in [3.8, 4) is 0 Å². The Balaban J connectivity index is 1.88. The minimum absolute atomic E-state index is 0.0374. The van der Waals surface area contributed by atoms with Crippen molar-refractivity contribution in [2.75, 3.05) is 13.1 Å². The van der Waals surface area contributed by atoms with Crippen LogP contribution in [-0.4, -0.2) is 41.9 Å². The van der Waals surface area contributed by atoms with Crippen molar-refractivity contribution in [1.82, 2.24) is 15.5 Å². The molecule has 0 aromatic rings. The Morgan fingerprint density at radius 2 is 1.87 bits per heavy atom. The van der Waals surface area contributed by atoms with Crippen LogP contribution in [0.25, 0.3) is 0 Å². The molecule has 2 rings (SSSR count). The van der Waals surface area contributed by atoms with Gasteiger partial charge in [0.1, 0.15) is 13.1 Å². The second-order valence-corrected chi connectivity index (χ2v) is 3.90. The summed E-state index contributed by atoms with van der Waals surface area (Å²) >= 11 is 0. The van der Waals surface area contributed by atoms with E-state index in [4.69, 9.17) is 0 Å². The van der Waals surface area contributed by atoms with Crippen LogP contribution in [0.2, 0.25) is 0 Å². The molecule has 1 aliphatic heterocycles. The van der Waals surface area contributed by atoms with Crippen LogP contribution < -0.4 is 10.6 Å². The number of carbonyl (C=O) groups excluding carboxylic acids is 3. The molecule has 0 unspecified atom stereocenters. The van der Waals surface area contributed by atoms with Crippen molar-refractivity contribution in [3.63, 3.8) is 0 Å². The molecule has 0 atom stereocenters. The van der Waals surface area contributed by atoms with E-state index < -0.39 is 11.8 Å². The first-order valence-electron chi connectivity index (χ1n) is 5.03. The molecular formula is C9H13N3O3. The molecule has 4 amide bonds. The molecule has 6 heteroatoms. The lowest BCUT2D eigenvalue weighted by atomic mass is 9.93. The van der Waals surface area contributed by atoms with Crippen molar-refractivity contribution in [2.45, 2.75) is 25.3 Å². The van der Waals surface area contributed by atoms with Crippen LogP contribution in [-0.2, 0) is 9.59 Å². The molecule has 2 N–H and O–H groups in total. The highest BCUT2D eigenvalue weighted by Crippen LogP contribution is 2.18. The van der Waals surface area contributed by atoms with Gasteiger partial charge in [-0.25, -0.2) is 4.79 Å². The highest BCUT2D eigenvalue weighted by Gasteiger charge is 2.28. The van der Waals surface area contributed by atoms with Crippen molar-refractivity contribution in [1.29, 1.82) is 0 Å². The number of hydrogen-bond donors (Lipinski definition) is 2. The maximum absolute atomic E-state index is 11.6. The first kappa shape index (κ1) is 9.95. The Morgan fingerprint density at radius 1 is 1.27 bits per heavy atom. The molecule has 1 saturated heterocycles. The molecule has 1 saturated carbocycles. The molecule has 2 fully saturated rings. The Morgan fingerprint density at radius 3 is 2.33 bits per heavy atom. The number of urea groups is 1. The Labute approximate surface area is 87.0 Å². The summed E-state index contributed by atoms with van der Waals surface area (Å²) in [7, 11) is 0.